The number of aromatic nitrogens is 3. The van der Waals surface area contributed by atoms with Crippen molar-refractivity contribution in [3.63, 3.8) is 0 Å². The van der Waals surface area contributed by atoms with Crippen LogP contribution in [0, 0.1) is 20.8 Å². The summed E-state index contributed by atoms with van der Waals surface area (Å²) in [6, 6.07) is 1.97. The summed E-state index contributed by atoms with van der Waals surface area (Å²) < 4.78 is 5.16. The van der Waals surface area contributed by atoms with Gasteiger partial charge in [0.2, 0.25) is 0 Å². The number of nitrogens with zero attached hydrogens (tertiary/aromatic N) is 3. The summed E-state index contributed by atoms with van der Waals surface area (Å²) in [5.41, 5.74) is 2.97. The Balaban J connectivity index is 1.73. The van der Waals surface area contributed by atoms with Crippen molar-refractivity contribution in [2.45, 2.75) is 52.2 Å². The van der Waals surface area contributed by atoms with Gasteiger partial charge in [-0.05, 0) is 33.6 Å². The van der Waals surface area contributed by atoms with Crippen molar-refractivity contribution in [1.82, 2.24) is 15.1 Å². The van der Waals surface area contributed by atoms with E-state index in [2.05, 4.69) is 20.4 Å². The first-order chi connectivity index (χ1) is 10.0. The lowest BCUT2D eigenvalue weighted by Gasteiger charge is -2.31. The summed E-state index contributed by atoms with van der Waals surface area (Å²) in [6.45, 7) is 6.35. The number of hydrogen-bond acceptors (Lipinski definition) is 6. The van der Waals surface area contributed by atoms with Crippen molar-refractivity contribution in [3.8, 4) is 0 Å². The Morgan fingerprint density at radius 3 is 2.67 bits per heavy atom. The van der Waals surface area contributed by atoms with E-state index in [0.717, 1.165) is 47.2 Å². The van der Waals surface area contributed by atoms with Gasteiger partial charge in [-0.3, -0.25) is 0 Å². The molecule has 0 aromatic carbocycles. The Morgan fingerprint density at radius 2 is 2.05 bits per heavy atom. The SMILES string of the molecule is Cc1nc(NCc2c(C)noc2C)cc(C2CC(O)C2)n1. The lowest BCUT2D eigenvalue weighted by Crippen LogP contribution is -2.27. The predicted molar refractivity (Wildman–Crippen MR) is 78.1 cm³/mol. The van der Waals surface area contributed by atoms with Crippen LogP contribution in [0.25, 0.3) is 0 Å². The monoisotopic (exact) mass is 288 g/mol. The smallest absolute Gasteiger partial charge is 0.138 e. The van der Waals surface area contributed by atoms with Crippen LogP contribution < -0.4 is 5.32 Å². The van der Waals surface area contributed by atoms with Gasteiger partial charge >= 0.3 is 0 Å². The maximum absolute atomic E-state index is 9.43. The average molecular weight is 288 g/mol. The van der Waals surface area contributed by atoms with Crippen molar-refractivity contribution in [3.05, 3.63) is 34.6 Å². The van der Waals surface area contributed by atoms with Gasteiger partial charge < -0.3 is 14.9 Å². The number of hydrogen-bond donors (Lipinski definition) is 2. The topological polar surface area (TPSA) is 84.1 Å². The van der Waals surface area contributed by atoms with Gasteiger partial charge in [0.25, 0.3) is 0 Å². The molecule has 6 heteroatoms. The van der Waals surface area contributed by atoms with Crippen molar-refractivity contribution in [2.24, 2.45) is 0 Å². The lowest BCUT2D eigenvalue weighted by atomic mass is 9.80. The van der Waals surface area contributed by atoms with Gasteiger partial charge in [0.15, 0.2) is 0 Å². The molecular formula is C15H20N4O2. The summed E-state index contributed by atoms with van der Waals surface area (Å²) in [6.07, 6.45) is 1.41. The molecule has 0 atom stereocenters. The second-order valence-corrected chi connectivity index (χ2v) is 5.70. The zero-order valence-electron chi connectivity index (χ0n) is 12.6. The predicted octanol–water partition coefficient (Wildman–Crippen LogP) is 2.24. The highest BCUT2D eigenvalue weighted by Gasteiger charge is 2.30. The fraction of sp³-hybridized carbons (Fsp3) is 0.533. The number of anilines is 1. The van der Waals surface area contributed by atoms with Gasteiger partial charge in [-0.2, -0.15) is 0 Å². The van der Waals surface area contributed by atoms with Gasteiger partial charge in [-0.1, -0.05) is 5.16 Å². The van der Waals surface area contributed by atoms with Crippen LogP contribution in [-0.4, -0.2) is 26.3 Å². The molecule has 2 heterocycles. The Morgan fingerprint density at radius 1 is 1.29 bits per heavy atom. The zero-order chi connectivity index (χ0) is 15.0. The van der Waals surface area contributed by atoms with Gasteiger partial charge in [0.1, 0.15) is 17.4 Å². The van der Waals surface area contributed by atoms with Crippen LogP contribution in [0.1, 0.15) is 47.3 Å². The second kappa shape index (κ2) is 5.44. The van der Waals surface area contributed by atoms with Gasteiger partial charge in [0.05, 0.1) is 11.8 Å². The molecule has 0 bridgehead atoms. The van der Waals surface area contributed by atoms with E-state index in [4.69, 9.17) is 4.52 Å². The number of aliphatic hydroxyl groups is 1. The summed E-state index contributed by atoms with van der Waals surface area (Å²) in [4.78, 5) is 8.89. The molecule has 2 aromatic rings. The third-order valence-corrected chi connectivity index (χ3v) is 4.02. The summed E-state index contributed by atoms with van der Waals surface area (Å²) in [5.74, 6) is 2.73. The fourth-order valence-corrected chi connectivity index (χ4v) is 2.65. The lowest BCUT2D eigenvalue weighted by molar-refractivity contribution is 0.0731. The largest absolute Gasteiger partial charge is 0.393 e. The zero-order valence-corrected chi connectivity index (χ0v) is 12.6. The average Bonchev–Trinajstić information content (AvgIpc) is 2.71. The van der Waals surface area contributed by atoms with Crippen LogP contribution in [0.2, 0.25) is 0 Å². The van der Waals surface area contributed by atoms with Crippen LogP contribution in [0.4, 0.5) is 5.82 Å². The van der Waals surface area contributed by atoms with Crippen LogP contribution in [-0.2, 0) is 6.54 Å². The molecule has 0 amide bonds. The minimum absolute atomic E-state index is 0.177. The summed E-state index contributed by atoms with van der Waals surface area (Å²) in [5, 5.41) is 16.7. The molecule has 0 radical (unpaired) electrons. The number of nitrogens with one attached hydrogen (secondary N) is 1. The molecular weight excluding hydrogens is 268 g/mol. The minimum atomic E-state index is -0.177. The highest BCUT2D eigenvalue weighted by Crippen LogP contribution is 2.36. The van der Waals surface area contributed by atoms with Crippen molar-refractivity contribution in [2.75, 3.05) is 5.32 Å². The van der Waals surface area contributed by atoms with Crippen LogP contribution in [0.15, 0.2) is 10.6 Å². The van der Waals surface area contributed by atoms with Gasteiger partial charge in [-0.25, -0.2) is 9.97 Å². The third-order valence-electron chi connectivity index (χ3n) is 4.02. The number of aliphatic hydroxyl groups excluding tert-OH is 1. The normalized spacial score (nSPS) is 21.1. The van der Waals surface area contributed by atoms with E-state index in [1.165, 1.54) is 0 Å². The van der Waals surface area contributed by atoms with Crippen molar-refractivity contribution < 1.29 is 9.63 Å². The molecule has 2 aromatic heterocycles. The molecule has 21 heavy (non-hydrogen) atoms. The first kappa shape index (κ1) is 14.0. The van der Waals surface area contributed by atoms with Gasteiger partial charge in [0, 0.05) is 29.8 Å². The quantitative estimate of drug-likeness (QED) is 0.897. The molecule has 6 nitrogen and oxygen atoms in total. The maximum atomic E-state index is 9.43. The van der Waals surface area contributed by atoms with E-state index in [9.17, 15) is 5.11 Å². The van der Waals surface area contributed by atoms with E-state index in [1.807, 2.05) is 26.8 Å². The molecule has 0 saturated heterocycles. The third kappa shape index (κ3) is 2.90. The van der Waals surface area contributed by atoms with E-state index >= 15 is 0 Å². The van der Waals surface area contributed by atoms with E-state index in [0.29, 0.717) is 12.5 Å². The van der Waals surface area contributed by atoms with E-state index < -0.39 is 0 Å². The Kier molecular flexibility index (Phi) is 3.63. The summed E-state index contributed by atoms with van der Waals surface area (Å²) >= 11 is 0. The molecule has 0 aliphatic heterocycles. The van der Waals surface area contributed by atoms with Crippen molar-refractivity contribution >= 4 is 5.82 Å². The molecule has 1 aliphatic rings. The Labute approximate surface area is 123 Å². The second-order valence-electron chi connectivity index (χ2n) is 5.70. The van der Waals surface area contributed by atoms with Crippen molar-refractivity contribution in [1.29, 1.82) is 0 Å². The summed E-state index contributed by atoms with van der Waals surface area (Å²) in [7, 11) is 0. The highest BCUT2D eigenvalue weighted by atomic mass is 16.5. The first-order valence-electron chi connectivity index (χ1n) is 7.22. The molecule has 1 fully saturated rings. The Hall–Kier alpha value is -1.95. The number of rotatable bonds is 4. The first-order valence-corrected chi connectivity index (χ1v) is 7.22. The molecule has 1 aliphatic carbocycles. The number of aryl methyl sites for hydroxylation is 3. The Bertz CT molecular complexity index is 628. The molecule has 2 N–H and O–H groups in total. The maximum Gasteiger partial charge on any atom is 0.138 e. The van der Waals surface area contributed by atoms with Gasteiger partial charge in [-0.15, -0.1) is 0 Å². The van der Waals surface area contributed by atoms with Crippen LogP contribution in [0.3, 0.4) is 0 Å². The van der Waals surface area contributed by atoms with E-state index in [1.54, 1.807) is 0 Å². The molecule has 3 rings (SSSR count). The molecule has 1 saturated carbocycles. The fourth-order valence-electron chi connectivity index (χ4n) is 2.65. The molecule has 112 valence electrons. The van der Waals surface area contributed by atoms with Crippen LogP contribution in [0.5, 0.6) is 0 Å². The standard InChI is InChI=1S/C15H20N4O2/c1-8-13(9(2)21-19-8)7-16-15-6-14(17-10(3)18-15)11-4-12(20)5-11/h6,11-12,20H,4-5,7H2,1-3H3,(H,16,17,18). The molecule has 0 spiro atoms. The minimum Gasteiger partial charge on any atom is -0.393 e. The van der Waals surface area contributed by atoms with E-state index in [-0.39, 0.29) is 6.10 Å². The molecule has 0 unspecified atom stereocenters. The highest BCUT2D eigenvalue weighted by molar-refractivity contribution is 5.39. The van der Waals surface area contributed by atoms with Crippen LogP contribution >= 0.6 is 0 Å².